The Morgan fingerprint density at radius 3 is 2.85 bits per heavy atom. The van der Waals surface area contributed by atoms with E-state index in [1.807, 2.05) is 19.1 Å². The first kappa shape index (κ1) is 18.5. The highest BCUT2D eigenvalue weighted by Gasteiger charge is 2.12. The number of nitrogens with one attached hydrogen (secondary N) is 1. The third-order valence-corrected chi connectivity index (χ3v) is 4.55. The topological polar surface area (TPSA) is 64.2 Å². The maximum absolute atomic E-state index is 12.2. The number of para-hydroxylation sites is 1. The molecule has 0 unspecified atom stereocenters. The maximum atomic E-state index is 12.2. The fraction of sp³-hybridized carbons (Fsp3) is 0.158. The zero-order chi connectivity index (χ0) is 18.7. The van der Waals surface area contributed by atoms with E-state index in [0.717, 1.165) is 10.0 Å². The molecule has 0 aliphatic rings. The predicted octanol–water partition coefficient (Wildman–Crippen LogP) is 4.83. The van der Waals surface area contributed by atoms with Crippen LogP contribution in [-0.4, -0.2) is 23.7 Å². The molecule has 3 rings (SSSR count). The summed E-state index contributed by atoms with van der Waals surface area (Å²) in [5.74, 6) is 1.51. The largest absolute Gasteiger partial charge is 0.493 e. The molecule has 0 atom stereocenters. The number of benzene rings is 2. The monoisotopic (exact) mass is 434 g/mol. The normalized spacial score (nSPS) is 11.6. The highest BCUT2D eigenvalue weighted by Crippen LogP contribution is 2.37. The minimum absolute atomic E-state index is 0.234. The number of fused-ring (bicyclic) bond motifs is 1. The molecule has 1 heterocycles. The van der Waals surface area contributed by atoms with Crippen LogP contribution in [0.4, 0.5) is 0 Å². The second-order valence-electron chi connectivity index (χ2n) is 5.39. The molecule has 3 aromatic rings. The number of aromatic nitrogens is 2. The van der Waals surface area contributed by atoms with Crippen LogP contribution in [0.2, 0.25) is 0 Å². The summed E-state index contributed by atoms with van der Waals surface area (Å²) in [5, 5.41) is 0.831. The van der Waals surface area contributed by atoms with E-state index in [9.17, 15) is 4.79 Å². The lowest BCUT2D eigenvalue weighted by Crippen LogP contribution is -2.10. The van der Waals surface area contributed by atoms with Gasteiger partial charge in [-0.3, -0.25) is 4.79 Å². The summed E-state index contributed by atoms with van der Waals surface area (Å²) in [5.41, 5.74) is 1.13. The van der Waals surface area contributed by atoms with Crippen LogP contribution in [0, 0.1) is 0 Å². The summed E-state index contributed by atoms with van der Waals surface area (Å²) < 4.78 is 11.7. The molecule has 1 aromatic heterocycles. The number of hydrogen-bond acceptors (Lipinski definition) is 4. The van der Waals surface area contributed by atoms with Gasteiger partial charge < -0.3 is 14.5 Å². The van der Waals surface area contributed by atoms with Gasteiger partial charge in [-0.1, -0.05) is 23.7 Å². The third-order valence-electron chi connectivity index (χ3n) is 3.67. The standard InChI is InChI=1S/C19H16BrClN2O3/c1-3-26-17-13(20)8-11(10-16(17)25-2)9-14(21)18-22-15-7-5-4-6-12(15)19(24)23-18/h4-10H,3H2,1-2H3,(H,22,23,24)/b14-9-. The Kier molecular flexibility index (Phi) is 5.64. The van der Waals surface area contributed by atoms with Crippen LogP contribution in [0.15, 0.2) is 45.7 Å². The third kappa shape index (κ3) is 3.76. The molecule has 0 fully saturated rings. The van der Waals surface area contributed by atoms with Crippen molar-refractivity contribution in [3.05, 3.63) is 62.6 Å². The zero-order valence-corrected chi connectivity index (χ0v) is 16.5. The van der Waals surface area contributed by atoms with Gasteiger partial charge in [0.05, 0.1) is 34.1 Å². The van der Waals surface area contributed by atoms with Crippen molar-refractivity contribution in [3.8, 4) is 11.5 Å². The molecule has 134 valence electrons. The second kappa shape index (κ2) is 7.93. The quantitative estimate of drug-likeness (QED) is 0.623. The lowest BCUT2D eigenvalue weighted by atomic mass is 10.2. The summed E-state index contributed by atoms with van der Waals surface area (Å²) in [7, 11) is 1.57. The van der Waals surface area contributed by atoms with Crippen molar-refractivity contribution in [1.29, 1.82) is 0 Å². The van der Waals surface area contributed by atoms with Crippen LogP contribution in [0.3, 0.4) is 0 Å². The molecule has 0 aliphatic heterocycles. The second-order valence-corrected chi connectivity index (χ2v) is 6.65. The van der Waals surface area contributed by atoms with Crippen molar-refractivity contribution in [2.24, 2.45) is 0 Å². The Morgan fingerprint density at radius 1 is 1.35 bits per heavy atom. The van der Waals surface area contributed by atoms with Crippen LogP contribution in [-0.2, 0) is 0 Å². The van der Waals surface area contributed by atoms with Gasteiger partial charge in [-0.2, -0.15) is 0 Å². The molecule has 0 saturated heterocycles. The number of methoxy groups -OCH3 is 1. The van der Waals surface area contributed by atoms with E-state index in [1.165, 1.54) is 0 Å². The summed E-state index contributed by atoms with van der Waals surface area (Å²) in [6.07, 6.45) is 1.71. The SMILES string of the molecule is CCOc1c(Br)cc(/C=C(\Cl)c2nc3ccccc3c(=O)[nH]2)cc1OC. The van der Waals surface area contributed by atoms with E-state index >= 15 is 0 Å². The van der Waals surface area contributed by atoms with Gasteiger partial charge in [-0.05, 0) is 58.8 Å². The first-order valence-corrected chi connectivity index (χ1v) is 9.07. The van der Waals surface area contributed by atoms with Gasteiger partial charge in [0.2, 0.25) is 0 Å². The van der Waals surface area contributed by atoms with Crippen LogP contribution in [0.5, 0.6) is 11.5 Å². The van der Waals surface area contributed by atoms with E-state index in [-0.39, 0.29) is 5.56 Å². The van der Waals surface area contributed by atoms with Gasteiger partial charge in [0.15, 0.2) is 17.3 Å². The summed E-state index contributed by atoms with van der Waals surface area (Å²) in [6, 6.07) is 10.8. The van der Waals surface area contributed by atoms with E-state index < -0.39 is 0 Å². The van der Waals surface area contributed by atoms with Crippen molar-refractivity contribution in [2.45, 2.75) is 6.92 Å². The Balaban J connectivity index is 2.05. The van der Waals surface area contributed by atoms with Crippen LogP contribution < -0.4 is 15.0 Å². The highest BCUT2D eigenvalue weighted by atomic mass is 79.9. The predicted molar refractivity (Wildman–Crippen MR) is 108 cm³/mol. The molecule has 7 heteroatoms. The maximum Gasteiger partial charge on any atom is 0.259 e. The van der Waals surface area contributed by atoms with Crippen molar-refractivity contribution < 1.29 is 9.47 Å². The molecule has 0 saturated carbocycles. The van der Waals surface area contributed by atoms with Gasteiger partial charge in [0, 0.05) is 0 Å². The molecule has 0 amide bonds. The Morgan fingerprint density at radius 2 is 2.12 bits per heavy atom. The lowest BCUT2D eigenvalue weighted by Gasteiger charge is -2.12. The summed E-state index contributed by atoms with van der Waals surface area (Å²) >= 11 is 9.88. The fourth-order valence-corrected chi connectivity index (χ4v) is 3.31. The Hall–Kier alpha value is -2.31. The van der Waals surface area contributed by atoms with E-state index in [1.54, 1.807) is 37.5 Å². The number of rotatable bonds is 5. The minimum atomic E-state index is -0.234. The molecule has 1 N–H and O–H groups in total. The molecule has 0 aliphatic carbocycles. The molecular weight excluding hydrogens is 420 g/mol. The molecule has 0 bridgehead atoms. The number of aromatic amines is 1. The van der Waals surface area contributed by atoms with E-state index in [2.05, 4.69) is 25.9 Å². The van der Waals surface area contributed by atoms with Crippen LogP contribution in [0.25, 0.3) is 22.0 Å². The summed E-state index contributed by atoms with van der Waals surface area (Å²) in [4.78, 5) is 19.3. The smallest absolute Gasteiger partial charge is 0.259 e. The van der Waals surface area contributed by atoms with Gasteiger partial charge in [0.25, 0.3) is 5.56 Å². The van der Waals surface area contributed by atoms with Gasteiger partial charge in [0.1, 0.15) is 0 Å². The molecular formula is C19H16BrClN2O3. The Labute approximate surface area is 163 Å². The molecule has 5 nitrogen and oxygen atoms in total. The molecule has 26 heavy (non-hydrogen) atoms. The highest BCUT2D eigenvalue weighted by molar-refractivity contribution is 9.10. The van der Waals surface area contributed by atoms with Crippen molar-refractivity contribution in [1.82, 2.24) is 9.97 Å². The van der Waals surface area contributed by atoms with Crippen LogP contribution in [0.1, 0.15) is 18.3 Å². The average molecular weight is 436 g/mol. The number of ether oxygens (including phenoxy) is 2. The fourth-order valence-electron chi connectivity index (χ4n) is 2.52. The molecule has 2 aromatic carbocycles. The van der Waals surface area contributed by atoms with Gasteiger partial charge in [-0.15, -0.1) is 0 Å². The summed E-state index contributed by atoms with van der Waals surface area (Å²) in [6.45, 7) is 2.42. The number of halogens is 2. The zero-order valence-electron chi connectivity index (χ0n) is 14.2. The molecule has 0 spiro atoms. The number of nitrogens with zero attached hydrogens (tertiary/aromatic N) is 1. The molecule has 0 radical (unpaired) electrons. The minimum Gasteiger partial charge on any atom is -0.493 e. The first-order chi connectivity index (χ1) is 12.5. The van der Waals surface area contributed by atoms with Crippen molar-refractivity contribution >= 4 is 49.5 Å². The first-order valence-electron chi connectivity index (χ1n) is 7.90. The van der Waals surface area contributed by atoms with Crippen molar-refractivity contribution in [3.63, 3.8) is 0 Å². The lowest BCUT2D eigenvalue weighted by molar-refractivity contribution is 0.309. The number of hydrogen-bond donors (Lipinski definition) is 1. The average Bonchev–Trinajstić information content (AvgIpc) is 2.63. The Bertz CT molecular complexity index is 1050. The van der Waals surface area contributed by atoms with Gasteiger partial charge in [-0.25, -0.2) is 4.98 Å². The van der Waals surface area contributed by atoms with Crippen LogP contribution >= 0.6 is 27.5 Å². The van der Waals surface area contributed by atoms with E-state index in [4.69, 9.17) is 21.1 Å². The number of H-pyrrole nitrogens is 1. The van der Waals surface area contributed by atoms with Gasteiger partial charge >= 0.3 is 0 Å². The van der Waals surface area contributed by atoms with Crippen molar-refractivity contribution in [2.75, 3.05) is 13.7 Å². The van der Waals surface area contributed by atoms with E-state index in [0.29, 0.717) is 39.9 Å².